The van der Waals surface area contributed by atoms with Crippen LogP contribution in [0.5, 0.6) is 0 Å². The zero-order valence-electron chi connectivity index (χ0n) is 8.39. The number of benzene rings is 1. The van der Waals surface area contributed by atoms with Gasteiger partial charge in [0.1, 0.15) is 0 Å². The highest BCUT2D eigenvalue weighted by Crippen LogP contribution is 2.25. The fourth-order valence-corrected chi connectivity index (χ4v) is 1.86. The van der Waals surface area contributed by atoms with Gasteiger partial charge in [0.05, 0.1) is 0 Å². The molecule has 0 radical (unpaired) electrons. The van der Waals surface area contributed by atoms with Crippen molar-refractivity contribution in [2.45, 2.75) is 26.3 Å². The molecule has 1 rings (SSSR count). The zero-order valence-corrected chi connectivity index (χ0v) is 9.15. The molecule has 0 heterocycles. The SMILES string of the molecule is CCC(NC)c1ccc(C)cc1Cl. The van der Waals surface area contributed by atoms with E-state index >= 15 is 0 Å². The van der Waals surface area contributed by atoms with Gasteiger partial charge in [-0.1, -0.05) is 30.7 Å². The summed E-state index contributed by atoms with van der Waals surface area (Å²) in [6.45, 7) is 4.20. The smallest absolute Gasteiger partial charge is 0.0456 e. The van der Waals surface area contributed by atoms with Crippen molar-refractivity contribution in [2.75, 3.05) is 7.05 Å². The molecule has 0 spiro atoms. The summed E-state index contributed by atoms with van der Waals surface area (Å²) < 4.78 is 0. The number of halogens is 1. The highest BCUT2D eigenvalue weighted by Gasteiger charge is 2.09. The van der Waals surface area contributed by atoms with Crippen molar-refractivity contribution >= 4 is 11.6 Å². The third kappa shape index (κ3) is 2.45. The monoisotopic (exact) mass is 197 g/mol. The lowest BCUT2D eigenvalue weighted by Crippen LogP contribution is -2.15. The number of hydrogen-bond donors (Lipinski definition) is 1. The van der Waals surface area contributed by atoms with Gasteiger partial charge >= 0.3 is 0 Å². The predicted molar refractivity (Wildman–Crippen MR) is 58.3 cm³/mol. The molecule has 0 aliphatic carbocycles. The summed E-state index contributed by atoms with van der Waals surface area (Å²) in [5, 5.41) is 4.11. The largest absolute Gasteiger partial charge is 0.313 e. The zero-order chi connectivity index (χ0) is 9.84. The van der Waals surface area contributed by atoms with E-state index in [1.165, 1.54) is 11.1 Å². The van der Waals surface area contributed by atoms with Gasteiger partial charge in [-0.2, -0.15) is 0 Å². The molecule has 0 aliphatic heterocycles. The fraction of sp³-hybridized carbons (Fsp3) is 0.455. The van der Waals surface area contributed by atoms with Gasteiger partial charge in [-0.05, 0) is 37.6 Å². The molecule has 0 fully saturated rings. The maximum Gasteiger partial charge on any atom is 0.0456 e. The van der Waals surface area contributed by atoms with E-state index < -0.39 is 0 Å². The second-order valence-corrected chi connectivity index (χ2v) is 3.68. The van der Waals surface area contributed by atoms with Gasteiger partial charge < -0.3 is 5.32 Å². The molecule has 0 amide bonds. The van der Waals surface area contributed by atoms with E-state index in [4.69, 9.17) is 11.6 Å². The number of hydrogen-bond acceptors (Lipinski definition) is 1. The van der Waals surface area contributed by atoms with Gasteiger partial charge in [-0.25, -0.2) is 0 Å². The third-order valence-electron chi connectivity index (χ3n) is 2.29. The highest BCUT2D eigenvalue weighted by atomic mass is 35.5. The molecule has 0 saturated heterocycles. The first-order valence-corrected chi connectivity index (χ1v) is 5.00. The molecular formula is C11H16ClN. The number of rotatable bonds is 3. The molecule has 0 bridgehead atoms. The van der Waals surface area contributed by atoms with Crippen molar-refractivity contribution in [3.8, 4) is 0 Å². The Labute approximate surface area is 85.1 Å². The Morgan fingerprint density at radius 3 is 2.62 bits per heavy atom. The van der Waals surface area contributed by atoms with Crippen molar-refractivity contribution in [2.24, 2.45) is 0 Å². The molecule has 0 aromatic heterocycles. The minimum Gasteiger partial charge on any atom is -0.313 e. The van der Waals surface area contributed by atoms with Gasteiger partial charge in [0.25, 0.3) is 0 Å². The van der Waals surface area contributed by atoms with Gasteiger partial charge in [-0.3, -0.25) is 0 Å². The van der Waals surface area contributed by atoms with E-state index in [0.717, 1.165) is 11.4 Å². The maximum absolute atomic E-state index is 6.14. The average molecular weight is 198 g/mol. The molecule has 1 atom stereocenters. The predicted octanol–water partition coefficient (Wildman–Crippen LogP) is 3.32. The van der Waals surface area contributed by atoms with E-state index in [1.807, 2.05) is 13.1 Å². The van der Waals surface area contributed by atoms with E-state index in [0.29, 0.717) is 6.04 Å². The van der Waals surface area contributed by atoms with Crippen molar-refractivity contribution in [3.63, 3.8) is 0 Å². The minimum absolute atomic E-state index is 0.369. The molecule has 0 saturated carbocycles. The summed E-state index contributed by atoms with van der Waals surface area (Å²) in [5.41, 5.74) is 2.40. The van der Waals surface area contributed by atoms with Crippen LogP contribution in [0.4, 0.5) is 0 Å². The van der Waals surface area contributed by atoms with Gasteiger partial charge in [0.2, 0.25) is 0 Å². The van der Waals surface area contributed by atoms with Crippen LogP contribution >= 0.6 is 11.6 Å². The first-order chi connectivity index (χ1) is 6.19. The van der Waals surface area contributed by atoms with Crippen molar-refractivity contribution < 1.29 is 0 Å². The van der Waals surface area contributed by atoms with Gasteiger partial charge in [-0.15, -0.1) is 0 Å². The Hall–Kier alpha value is -0.530. The van der Waals surface area contributed by atoms with E-state index in [-0.39, 0.29) is 0 Å². The van der Waals surface area contributed by atoms with Crippen LogP contribution in [-0.4, -0.2) is 7.05 Å². The van der Waals surface area contributed by atoms with Crippen LogP contribution in [0, 0.1) is 6.92 Å². The van der Waals surface area contributed by atoms with E-state index in [1.54, 1.807) is 0 Å². The summed E-state index contributed by atoms with van der Waals surface area (Å²) in [4.78, 5) is 0. The van der Waals surface area contributed by atoms with Crippen LogP contribution in [0.15, 0.2) is 18.2 Å². The highest BCUT2D eigenvalue weighted by molar-refractivity contribution is 6.31. The second kappa shape index (κ2) is 4.64. The van der Waals surface area contributed by atoms with Crippen LogP contribution < -0.4 is 5.32 Å². The Kier molecular flexibility index (Phi) is 3.76. The van der Waals surface area contributed by atoms with Crippen molar-refractivity contribution in [1.82, 2.24) is 5.32 Å². The second-order valence-electron chi connectivity index (χ2n) is 3.27. The summed E-state index contributed by atoms with van der Waals surface area (Å²) in [6, 6.07) is 6.58. The Bertz CT molecular complexity index is 279. The normalized spacial score (nSPS) is 12.9. The Morgan fingerprint density at radius 1 is 1.46 bits per heavy atom. The van der Waals surface area contributed by atoms with Crippen LogP contribution in [0.2, 0.25) is 5.02 Å². The maximum atomic E-state index is 6.14. The summed E-state index contributed by atoms with van der Waals surface area (Å²) in [6.07, 6.45) is 1.05. The molecule has 0 aliphatic rings. The summed E-state index contributed by atoms with van der Waals surface area (Å²) >= 11 is 6.14. The van der Waals surface area contributed by atoms with Crippen LogP contribution in [0.1, 0.15) is 30.5 Å². The van der Waals surface area contributed by atoms with Gasteiger partial charge in [0, 0.05) is 11.1 Å². The fourth-order valence-electron chi connectivity index (χ4n) is 1.49. The lowest BCUT2D eigenvalue weighted by Gasteiger charge is -2.16. The van der Waals surface area contributed by atoms with Crippen LogP contribution in [-0.2, 0) is 0 Å². The molecule has 72 valence electrons. The lowest BCUT2D eigenvalue weighted by molar-refractivity contribution is 0.577. The topological polar surface area (TPSA) is 12.0 Å². The molecule has 1 aromatic rings. The molecule has 1 aromatic carbocycles. The number of aryl methyl sites for hydroxylation is 1. The molecule has 2 heteroatoms. The quantitative estimate of drug-likeness (QED) is 0.784. The average Bonchev–Trinajstić information content (AvgIpc) is 2.10. The molecule has 1 unspecified atom stereocenters. The first-order valence-electron chi connectivity index (χ1n) is 4.62. The summed E-state index contributed by atoms with van der Waals surface area (Å²) in [5.74, 6) is 0. The van der Waals surface area contributed by atoms with E-state index in [2.05, 4.69) is 31.3 Å². The molecular weight excluding hydrogens is 182 g/mol. The Morgan fingerprint density at radius 2 is 2.15 bits per heavy atom. The molecule has 1 nitrogen and oxygen atoms in total. The van der Waals surface area contributed by atoms with Crippen LogP contribution in [0.3, 0.4) is 0 Å². The molecule has 1 N–H and O–H groups in total. The standard InChI is InChI=1S/C11H16ClN/c1-4-11(13-3)9-6-5-8(2)7-10(9)12/h5-7,11,13H,4H2,1-3H3. The van der Waals surface area contributed by atoms with E-state index in [9.17, 15) is 0 Å². The van der Waals surface area contributed by atoms with Crippen molar-refractivity contribution in [3.05, 3.63) is 34.3 Å². The molecule has 13 heavy (non-hydrogen) atoms. The van der Waals surface area contributed by atoms with Crippen molar-refractivity contribution in [1.29, 1.82) is 0 Å². The summed E-state index contributed by atoms with van der Waals surface area (Å²) in [7, 11) is 1.96. The lowest BCUT2D eigenvalue weighted by atomic mass is 10.0. The van der Waals surface area contributed by atoms with Crippen LogP contribution in [0.25, 0.3) is 0 Å². The third-order valence-corrected chi connectivity index (χ3v) is 2.62. The Balaban J connectivity index is 2.99. The minimum atomic E-state index is 0.369. The number of nitrogens with one attached hydrogen (secondary N) is 1. The van der Waals surface area contributed by atoms with Gasteiger partial charge in [0.15, 0.2) is 0 Å². The first kappa shape index (κ1) is 10.6.